The first kappa shape index (κ1) is 14.5. The maximum absolute atomic E-state index is 11.9. The second kappa shape index (κ2) is 6.40. The number of benzene rings is 1. The highest BCUT2D eigenvalue weighted by molar-refractivity contribution is 6.30. The van der Waals surface area contributed by atoms with Gasteiger partial charge in [-0.3, -0.25) is 9.59 Å². The molecular formula is C13H17ClN2O2. The number of nitrogens with two attached hydrogens (primary N) is 1. The number of primary amides is 1. The van der Waals surface area contributed by atoms with E-state index in [1.165, 1.54) is 0 Å². The number of carbonyl (C=O) groups excluding carboxylic acids is 2. The topological polar surface area (TPSA) is 72.2 Å². The molecule has 0 aromatic heterocycles. The molecule has 0 bridgehead atoms. The van der Waals surface area contributed by atoms with Gasteiger partial charge in [-0.15, -0.1) is 0 Å². The van der Waals surface area contributed by atoms with E-state index in [9.17, 15) is 9.59 Å². The molecule has 2 amide bonds. The molecule has 3 N–H and O–H groups in total. The van der Waals surface area contributed by atoms with Crippen LogP contribution in [0.3, 0.4) is 0 Å². The van der Waals surface area contributed by atoms with Crippen LogP contribution in [0.1, 0.15) is 30.6 Å². The fourth-order valence-corrected chi connectivity index (χ4v) is 1.68. The minimum Gasteiger partial charge on any atom is -0.368 e. The second-order valence-electron chi connectivity index (χ2n) is 4.25. The van der Waals surface area contributed by atoms with Gasteiger partial charge in [0.1, 0.15) is 6.04 Å². The highest BCUT2D eigenvalue weighted by Gasteiger charge is 2.23. The van der Waals surface area contributed by atoms with Gasteiger partial charge in [0.05, 0.1) is 0 Å². The van der Waals surface area contributed by atoms with Crippen LogP contribution in [0, 0.1) is 5.92 Å². The first-order valence-electron chi connectivity index (χ1n) is 5.81. The van der Waals surface area contributed by atoms with E-state index >= 15 is 0 Å². The summed E-state index contributed by atoms with van der Waals surface area (Å²) in [5, 5.41) is 3.20. The normalized spacial score (nSPS) is 13.7. The summed E-state index contributed by atoms with van der Waals surface area (Å²) in [5.41, 5.74) is 5.74. The molecule has 0 saturated carbocycles. The molecule has 4 nitrogen and oxygen atoms in total. The molecular weight excluding hydrogens is 252 g/mol. The van der Waals surface area contributed by atoms with Crippen LogP contribution in [-0.2, 0) is 4.79 Å². The Labute approximate surface area is 112 Å². The zero-order chi connectivity index (χ0) is 13.7. The first-order valence-corrected chi connectivity index (χ1v) is 6.19. The third-order valence-electron chi connectivity index (χ3n) is 2.91. The van der Waals surface area contributed by atoms with Gasteiger partial charge in [0.25, 0.3) is 5.91 Å². The van der Waals surface area contributed by atoms with E-state index in [1.54, 1.807) is 24.3 Å². The quantitative estimate of drug-likeness (QED) is 0.857. The predicted molar refractivity (Wildman–Crippen MR) is 71.4 cm³/mol. The molecule has 0 radical (unpaired) electrons. The van der Waals surface area contributed by atoms with Gasteiger partial charge in [-0.1, -0.05) is 31.9 Å². The van der Waals surface area contributed by atoms with Gasteiger partial charge >= 0.3 is 0 Å². The molecule has 0 aliphatic carbocycles. The molecule has 0 aliphatic rings. The van der Waals surface area contributed by atoms with Gasteiger partial charge in [-0.25, -0.2) is 0 Å². The summed E-state index contributed by atoms with van der Waals surface area (Å²) in [6.07, 6.45) is 0.758. The lowest BCUT2D eigenvalue weighted by Gasteiger charge is -2.21. The fourth-order valence-electron chi connectivity index (χ4n) is 1.56. The van der Waals surface area contributed by atoms with E-state index in [0.717, 1.165) is 6.42 Å². The lowest BCUT2D eigenvalue weighted by atomic mass is 9.98. The van der Waals surface area contributed by atoms with Crippen molar-refractivity contribution in [2.45, 2.75) is 26.3 Å². The van der Waals surface area contributed by atoms with E-state index in [2.05, 4.69) is 5.32 Å². The number of hydrogen-bond donors (Lipinski definition) is 2. The maximum Gasteiger partial charge on any atom is 0.251 e. The highest BCUT2D eigenvalue weighted by atomic mass is 35.5. The van der Waals surface area contributed by atoms with E-state index in [1.807, 2.05) is 13.8 Å². The Hall–Kier alpha value is -1.55. The summed E-state index contributed by atoms with van der Waals surface area (Å²) in [7, 11) is 0. The van der Waals surface area contributed by atoms with Gasteiger partial charge < -0.3 is 11.1 Å². The number of rotatable bonds is 5. The molecule has 5 heteroatoms. The molecule has 0 unspecified atom stereocenters. The minimum atomic E-state index is -0.654. The Morgan fingerprint density at radius 3 is 2.33 bits per heavy atom. The molecule has 2 atom stereocenters. The van der Waals surface area contributed by atoms with Crippen molar-refractivity contribution in [2.24, 2.45) is 11.7 Å². The van der Waals surface area contributed by atoms with Crippen molar-refractivity contribution in [3.8, 4) is 0 Å². The van der Waals surface area contributed by atoms with Crippen LogP contribution < -0.4 is 11.1 Å². The van der Waals surface area contributed by atoms with Crippen LogP contribution in [0.15, 0.2) is 24.3 Å². The van der Waals surface area contributed by atoms with Crippen molar-refractivity contribution in [3.63, 3.8) is 0 Å². The molecule has 0 heterocycles. The van der Waals surface area contributed by atoms with Crippen molar-refractivity contribution < 1.29 is 9.59 Å². The van der Waals surface area contributed by atoms with E-state index in [0.29, 0.717) is 10.6 Å². The summed E-state index contributed by atoms with van der Waals surface area (Å²) in [4.78, 5) is 23.2. The summed E-state index contributed by atoms with van der Waals surface area (Å²) in [5.74, 6) is -0.846. The molecule has 1 rings (SSSR count). The van der Waals surface area contributed by atoms with E-state index in [4.69, 9.17) is 17.3 Å². The van der Waals surface area contributed by atoms with Crippen molar-refractivity contribution in [2.75, 3.05) is 0 Å². The monoisotopic (exact) mass is 268 g/mol. The van der Waals surface area contributed by atoms with Gasteiger partial charge in [0, 0.05) is 10.6 Å². The van der Waals surface area contributed by atoms with Crippen LogP contribution in [0.4, 0.5) is 0 Å². The van der Waals surface area contributed by atoms with Crippen molar-refractivity contribution in [3.05, 3.63) is 34.9 Å². The van der Waals surface area contributed by atoms with Gasteiger partial charge in [0.2, 0.25) is 5.91 Å². The van der Waals surface area contributed by atoms with Crippen LogP contribution in [0.2, 0.25) is 5.02 Å². The zero-order valence-corrected chi connectivity index (χ0v) is 11.2. The summed E-state index contributed by atoms with van der Waals surface area (Å²) >= 11 is 5.74. The maximum atomic E-state index is 11.9. The fraction of sp³-hybridized carbons (Fsp3) is 0.385. The van der Waals surface area contributed by atoms with Crippen molar-refractivity contribution >= 4 is 23.4 Å². The Morgan fingerprint density at radius 1 is 1.33 bits per heavy atom. The number of nitrogens with one attached hydrogen (secondary N) is 1. The average molecular weight is 269 g/mol. The molecule has 1 aromatic carbocycles. The molecule has 0 aliphatic heterocycles. The average Bonchev–Trinajstić information content (AvgIpc) is 2.35. The molecule has 0 saturated heterocycles. The van der Waals surface area contributed by atoms with Gasteiger partial charge in [-0.2, -0.15) is 0 Å². The van der Waals surface area contributed by atoms with Crippen LogP contribution >= 0.6 is 11.6 Å². The number of halogens is 1. The number of carbonyl (C=O) groups is 2. The zero-order valence-electron chi connectivity index (χ0n) is 10.4. The molecule has 0 fully saturated rings. The Balaban J connectivity index is 2.78. The summed E-state index contributed by atoms with van der Waals surface area (Å²) in [6.45, 7) is 3.81. The SMILES string of the molecule is CC[C@@H](C)[C@H](NC(=O)c1ccc(Cl)cc1)C(N)=O. The lowest BCUT2D eigenvalue weighted by molar-refractivity contribution is -0.120. The molecule has 1 aromatic rings. The standard InChI is InChI=1S/C13H17ClN2O2/c1-3-8(2)11(12(15)17)16-13(18)9-4-6-10(14)7-5-9/h4-8,11H,3H2,1-2H3,(H2,15,17)(H,16,18)/t8-,11+/m1/s1. The lowest BCUT2D eigenvalue weighted by Crippen LogP contribution is -2.48. The van der Waals surface area contributed by atoms with Crippen molar-refractivity contribution in [1.82, 2.24) is 5.32 Å². The van der Waals surface area contributed by atoms with Gasteiger partial charge in [0.15, 0.2) is 0 Å². The largest absolute Gasteiger partial charge is 0.368 e. The molecule has 98 valence electrons. The number of amides is 2. The Kier molecular flexibility index (Phi) is 5.16. The third kappa shape index (κ3) is 3.74. The first-order chi connectivity index (χ1) is 8.45. The van der Waals surface area contributed by atoms with E-state index < -0.39 is 11.9 Å². The molecule has 0 spiro atoms. The molecule has 18 heavy (non-hydrogen) atoms. The van der Waals surface area contributed by atoms with Crippen LogP contribution in [-0.4, -0.2) is 17.9 Å². The smallest absolute Gasteiger partial charge is 0.251 e. The summed E-state index contributed by atoms with van der Waals surface area (Å²) in [6, 6.07) is 5.80. The Morgan fingerprint density at radius 2 is 1.89 bits per heavy atom. The number of hydrogen-bond acceptors (Lipinski definition) is 2. The second-order valence-corrected chi connectivity index (χ2v) is 4.68. The Bertz CT molecular complexity index is 431. The summed E-state index contributed by atoms with van der Waals surface area (Å²) < 4.78 is 0. The van der Waals surface area contributed by atoms with Gasteiger partial charge in [-0.05, 0) is 30.2 Å². The third-order valence-corrected chi connectivity index (χ3v) is 3.16. The van der Waals surface area contributed by atoms with Crippen LogP contribution in [0.25, 0.3) is 0 Å². The minimum absolute atomic E-state index is 0.00116. The predicted octanol–water partition coefficient (Wildman–Crippen LogP) is 1.97. The van der Waals surface area contributed by atoms with E-state index in [-0.39, 0.29) is 11.8 Å². The highest BCUT2D eigenvalue weighted by Crippen LogP contribution is 2.11. The van der Waals surface area contributed by atoms with Crippen LogP contribution in [0.5, 0.6) is 0 Å². The van der Waals surface area contributed by atoms with Crippen molar-refractivity contribution in [1.29, 1.82) is 0 Å².